The summed E-state index contributed by atoms with van der Waals surface area (Å²) in [6.07, 6.45) is 2.25. The Hall–Kier alpha value is -2.37. The summed E-state index contributed by atoms with van der Waals surface area (Å²) in [5.41, 5.74) is -0.0225. The molecule has 0 saturated heterocycles. The molecular formula is C21H26N2O4. The van der Waals surface area contributed by atoms with Crippen molar-refractivity contribution in [2.24, 2.45) is 23.2 Å². The number of hydrogen-bond donors (Lipinski definition) is 1. The first kappa shape index (κ1) is 18.0. The smallest absolute Gasteiger partial charge is 0.328 e. The molecule has 27 heavy (non-hydrogen) atoms. The van der Waals surface area contributed by atoms with Crippen LogP contribution in [0.1, 0.15) is 40.0 Å². The minimum absolute atomic E-state index is 0.0293. The number of ether oxygens (including phenoxy) is 1. The van der Waals surface area contributed by atoms with Gasteiger partial charge in [-0.25, -0.2) is 4.79 Å². The Morgan fingerprint density at radius 1 is 1.26 bits per heavy atom. The van der Waals surface area contributed by atoms with Crippen molar-refractivity contribution < 1.29 is 9.53 Å². The number of benzene rings is 1. The highest BCUT2D eigenvalue weighted by Crippen LogP contribution is 2.61. The lowest BCUT2D eigenvalue weighted by atomic mass is 9.45. The number of carbonyl (C=O) groups is 1. The molecule has 0 spiro atoms. The zero-order chi connectivity index (χ0) is 19.3. The summed E-state index contributed by atoms with van der Waals surface area (Å²) < 4.78 is 7.20. The van der Waals surface area contributed by atoms with Gasteiger partial charge in [-0.3, -0.25) is 19.1 Å². The summed E-state index contributed by atoms with van der Waals surface area (Å²) in [6, 6.07) is 6.90. The molecule has 6 heteroatoms. The van der Waals surface area contributed by atoms with Crippen LogP contribution in [0.25, 0.3) is 10.9 Å². The predicted molar refractivity (Wildman–Crippen MR) is 102 cm³/mol. The lowest BCUT2D eigenvalue weighted by molar-refractivity contribution is -0.186. The first-order valence-electron chi connectivity index (χ1n) is 9.70. The highest BCUT2D eigenvalue weighted by molar-refractivity contribution is 5.78. The van der Waals surface area contributed by atoms with Crippen LogP contribution in [0.3, 0.4) is 0 Å². The topological polar surface area (TPSA) is 81.2 Å². The molecule has 0 aliphatic heterocycles. The van der Waals surface area contributed by atoms with Crippen molar-refractivity contribution in [2.75, 3.05) is 0 Å². The second kappa shape index (κ2) is 6.36. The van der Waals surface area contributed by atoms with Gasteiger partial charge in [0.1, 0.15) is 6.10 Å². The van der Waals surface area contributed by atoms with E-state index in [1.54, 1.807) is 24.3 Å². The molecule has 4 atom stereocenters. The molecule has 3 saturated carbocycles. The molecule has 0 amide bonds. The minimum atomic E-state index is -0.500. The van der Waals surface area contributed by atoms with E-state index in [9.17, 15) is 14.4 Å². The average molecular weight is 370 g/mol. The number of nitrogens with one attached hydrogen (secondary N) is 1. The zero-order valence-electron chi connectivity index (χ0n) is 16.0. The summed E-state index contributed by atoms with van der Waals surface area (Å²) in [5, 5.41) is 0.439. The van der Waals surface area contributed by atoms with E-state index < -0.39 is 11.2 Å². The normalized spacial score (nSPS) is 28.6. The quantitative estimate of drug-likeness (QED) is 0.839. The number of carbonyl (C=O) groups excluding carboxylic acids is 1. The van der Waals surface area contributed by atoms with E-state index in [1.165, 1.54) is 11.0 Å². The summed E-state index contributed by atoms with van der Waals surface area (Å²) >= 11 is 0. The molecule has 6 nitrogen and oxygen atoms in total. The lowest BCUT2D eigenvalue weighted by Gasteiger charge is -2.61. The number of nitrogens with zero attached hydrogens (tertiary/aromatic N) is 1. The van der Waals surface area contributed by atoms with Gasteiger partial charge in [-0.1, -0.05) is 32.9 Å². The fraction of sp³-hybridized carbons (Fsp3) is 0.571. The van der Waals surface area contributed by atoms with Crippen molar-refractivity contribution in [3.05, 3.63) is 45.1 Å². The van der Waals surface area contributed by atoms with Crippen LogP contribution in [0.4, 0.5) is 0 Å². The Morgan fingerprint density at radius 2 is 2.00 bits per heavy atom. The zero-order valence-corrected chi connectivity index (χ0v) is 16.0. The minimum Gasteiger partial charge on any atom is -0.462 e. The van der Waals surface area contributed by atoms with Crippen LogP contribution < -0.4 is 11.2 Å². The number of aryl methyl sites for hydroxylation is 1. The molecule has 2 aromatic rings. The maximum absolute atomic E-state index is 12.4. The third-order valence-electron chi connectivity index (χ3n) is 7.01. The van der Waals surface area contributed by atoms with Gasteiger partial charge >= 0.3 is 11.7 Å². The van der Waals surface area contributed by atoms with Gasteiger partial charge < -0.3 is 4.74 Å². The average Bonchev–Trinajstić information content (AvgIpc) is 2.62. The summed E-state index contributed by atoms with van der Waals surface area (Å²) in [4.78, 5) is 38.8. The van der Waals surface area contributed by atoms with Gasteiger partial charge in [0.05, 0.1) is 17.3 Å². The van der Waals surface area contributed by atoms with E-state index in [-0.39, 0.29) is 25.0 Å². The van der Waals surface area contributed by atoms with E-state index in [2.05, 4.69) is 25.8 Å². The summed E-state index contributed by atoms with van der Waals surface area (Å²) in [7, 11) is 0. The van der Waals surface area contributed by atoms with E-state index in [0.717, 1.165) is 6.42 Å². The standard InChI is InChI=1S/C21H26N2O4/c1-12-15-10-13(21(15,2)3)11-17(12)27-18(24)8-9-23-16-7-5-4-6-14(16)19(25)22-20(23)26/h4-7,12-13,15,17H,8-11H2,1-3H3,(H,22,25,26)/t12-,13-,15-,17-/m1/s1. The van der Waals surface area contributed by atoms with Gasteiger partial charge in [-0.15, -0.1) is 0 Å². The number of rotatable bonds is 4. The number of aromatic nitrogens is 2. The molecule has 0 unspecified atom stereocenters. The molecule has 1 N–H and O–H groups in total. The Morgan fingerprint density at radius 3 is 2.70 bits per heavy atom. The van der Waals surface area contributed by atoms with E-state index >= 15 is 0 Å². The van der Waals surface area contributed by atoms with Crippen LogP contribution in [0.15, 0.2) is 33.9 Å². The largest absolute Gasteiger partial charge is 0.462 e. The van der Waals surface area contributed by atoms with Crippen LogP contribution in [0.2, 0.25) is 0 Å². The number of H-pyrrole nitrogens is 1. The molecule has 3 aliphatic carbocycles. The van der Waals surface area contributed by atoms with Gasteiger partial charge in [0.25, 0.3) is 5.56 Å². The van der Waals surface area contributed by atoms with Crippen molar-refractivity contribution in [3.8, 4) is 0 Å². The highest BCUT2D eigenvalue weighted by Gasteiger charge is 2.57. The SMILES string of the molecule is C[C@@H]1[C@H]2C[C@H](C[C@H]1OC(=O)CCn1c(=O)[nH]c(=O)c3ccccc31)C2(C)C. The number of aromatic amines is 1. The molecule has 144 valence electrons. The van der Waals surface area contributed by atoms with E-state index in [4.69, 9.17) is 4.74 Å². The summed E-state index contributed by atoms with van der Waals surface area (Å²) in [5.74, 6) is 1.32. The first-order valence-corrected chi connectivity index (χ1v) is 9.70. The van der Waals surface area contributed by atoms with Gasteiger partial charge in [-0.05, 0) is 48.1 Å². The fourth-order valence-corrected chi connectivity index (χ4v) is 5.15. The van der Waals surface area contributed by atoms with Crippen LogP contribution >= 0.6 is 0 Å². The van der Waals surface area contributed by atoms with Crippen molar-refractivity contribution >= 4 is 16.9 Å². The summed E-state index contributed by atoms with van der Waals surface area (Å²) in [6.45, 7) is 7.00. The molecule has 1 aromatic heterocycles. The number of hydrogen-bond acceptors (Lipinski definition) is 4. The van der Waals surface area contributed by atoms with E-state index in [0.29, 0.717) is 34.1 Å². The molecule has 5 rings (SSSR count). The third kappa shape index (κ3) is 2.91. The molecular weight excluding hydrogens is 344 g/mol. The monoisotopic (exact) mass is 370 g/mol. The molecule has 3 aliphatic rings. The van der Waals surface area contributed by atoms with E-state index in [1.807, 2.05) is 0 Å². The Labute approximate surface area is 157 Å². The van der Waals surface area contributed by atoms with Gasteiger partial charge in [0, 0.05) is 6.54 Å². The van der Waals surface area contributed by atoms with Crippen LogP contribution in [0, 0.1) is 23.2 Å². The molecule has 1 aromatic carbocycles. The predicted octanol–water partition coefficient (Wildman–Crippen LogP) is 2.69. The van der Waals surface area contributed by atoms with Gasteiger partial charge in [0.2, 0.25) is 0 Å². The fourth-order valence-electron chi connectivity index (χ4n) is 5.15. The second-order valence-corrected chi connectivity index (χ2v) is 8.66. The first-order chi connectivity index (χ1) is 12.8. The Kier molecular flexibility index (Phi) is 4.24. The van der Waals surface area contributed by atoms with Gasteiger partial charge in [0.15, 0.2) is 0 Å². The van der Waals surface area contributed by atoms with Crippen LogP contribution in [0.5, 0.6) is 0 Å². The molecule has 3 fully saturated rings. The number of fused-ring (bicyclic) bond motifs is 3. The van der Waals surface area contributed by atoms with Crippen molar-refractivity contribution in [1.82, 2.24) is 9.55 Å². The maximum Gasteiger partial charge on any atom is 0.328 e. The number of esters is 1. The lowest BCUT2D eigenvalue weighted by Crippen LogP contribution is -2.57. The molecule has 2 bridgehead atoms. The molecule has 0 radical (unpaired) electrons. The van der Waals surface area contributed by atoms with Crippen molar-refractivity contribution in [2.45, 2.75) is 52.7 Å². The Bertz CT molecular complexity index is 1000. The highest BCUT2D eigenvalue weighted by atomic mass is 16.5. The van der Waals surface area contributed by atoms with Crippen LogP contribution in [-0.4, -0.2) is 21.6 Å². The maximum atomic E-state index is 12.4. The third-order valence-corrected chi connectivity index (χ3v) is 7.01. The number of para-hydroxylation sites is 1. The van der Waals surface area contributed by atoms with Gasteiger partial charge in [-0.2, -0.15) is 0 Å². The Balaban J connectivity index is 1.44. The van der Waals surface area contributed by atoms with Crippen molar-refractivity contribution in [3.63, 3.8) is 0 Å². The molecule has 1 heterocycles. The van der Waals surface area contributed by atoms with Crippen molar-refractivity contribution in [1.29, 1.82) is 0 Å². The second-order valence-electron chi connectivity index (χ2n) is 8.66. The van der Waals surface area contributed by atoms with Crippen LogP contribution in [-0.2, 0) is 16.1 Å².